The highest BCUT2D eigenvalue weighted by molar-refractivity contribution is 7.85. The van der Waals surface area contributed by atoms with E-state index in [2.05, 4.69) is 79.9 Å². The molecule has 0 aromatic heterocycles. The molecule has 2 unspecified atom stereocenters. The van der Waals surface area contributed by atoms with Crippen LogP contribution in [-0.2, 0) is 14.9 Å². The van der Waals surface area contributed by atoms with Gasteiger partial charge in [-0.25, -0.2) is 0 Å². The fraction of sp³-hybridized carbons (Fsp3) is 0.675. The van der Waals surface area contributed by atoms with Crippen LogP contribution < -0.4 is 5.32 Å². The molecule has 2 atom stereocenters. The van der Waals surface area contributed by atoms with Crippen molar-refractivity contribution < 1.29 is 22.9 Å². The van der Waals surface area contributed by atoms with Crippen molar-refractivity contribution in [3.05, 3.63) is 72.9 Å². The van der Waals surface area contributed by atoms with Gasteiger partial charge in [0, 0.05) is 6.42 Å². The van der Waals surface area contributed by atoms with Gasteiger partial charge in [-0.3, -0.25) is 9.35 Å². The molecule has 0 aliphatic carbocycles. The van der Waals surface area contributed by atoms with E-state index in [0.29, 0.717) is 12.8 Å². The summed E-state index contributed by atoms with van der Waals surface area (Å²) in [7, 11) is -4.36. The lowest BCUT2D eigenvalue weighted by Crippen LogP contribution is -2.46. The second-order valence-corrected chi connectivity index (χ2v) is 14.0. The maximum absolute atomic E-state index is 12.5. The zero-order chi connectivity index (χ0) is 34.7. The Labute approximate surface area is 289 Å². The summed E-state index contributed by atoms with van der Waals surface area (Å²) in [5.74, 6) is -1.03. The van der Waals surface area contributed by atoms with Gasteiger partial charge in [0.25, 0.3) is 10.1 Å². The number of hydrogen-bond acceptors (Lipinski definition) is 4. The summed E-state index contributed by atoms with van der Waals surface area (Å²) in [5.41, 5.74) is 0. The van der Waals surface area contributed by atoms with Crippen LogP contribution in [0.4, 0.5) is 0 Å². The summed E-state index contributed by atoms with van der Waals surface area (Å²) in [4.78, 5) is 12.5. The van der Waals surface area contributed by atoms with Crippen molar-refractivity contribution in [1.29, 1.82) is 0 Å². The normalized spacial score (nSPS) is 14.2. The molecule has 0 aliphatic rings. The van der Waals surface area contributed by atoms with Crippen molar-refractivity contribution in [3.63, 3.8) is 0 Å². The summed E-state index contributed by atoms with van der Waals surface area (Å²) < 4.78 is 32.3. The van der Waals surface area contributed by atoms with E-state index < -0.39 is 28.0 Å². The highest BCUT2D eigenvalue weighted by Crippen LogP contribution is 2.10. The molecule has 0 fully saturated rings. The second-order valence-electron chi connectivity index (χ2n) is 12.5. The number of allylic oxidation sites excluding steroid dienone is 11. The number of rotatable bonds is 32. The average molecular weight is 676 g/mol. The Balaban J connectivity index is 4.07. The van der Waals surface area contributed by atoms with Gasteiger partial charge in [0.2, 0.25) is 5.91 Å². The third-order valence-electron chi connectivity index (χ3n) is 7.83. The highest BCUT2D eigenvalue weighted by atomic mass is 32.2. The molecule has 6 nitrogen and oxygen atoms in total. The number of unbranched alkanes of at least 4 members (excludes halogenated alkanes) is 14. The molecule has 0 aliphatic heterocycles. The van der Waals surface area contributed by atoms with E-state index in [1.165, 1.54) is 51.0 Å². The molecule has 0 spiro atoms. The van der Waals surface area contributed by atoms with Gasteiger partial charge in [-0.05, 0) is 83.5 Å². The Morgan fingerprint density at radius 1 is 0.574 bits per heavy atom. The fourth-order valence-electron chi connectivity index (χ4n) is 5.01. The first-order chi connectivity index (χ1) is 22.8. The first-order valence-electron chi connectivity index (χ1n) is 18.6. The molecule has 0 aromatic carbocycles. The van der Waals surface area contributed by atoms with Crippen molar-refractivity contribution in [1.82, 2.24) is 5.32 Å². The summed E-state index contributed by atoms with van der Waals surface area (Å²) in [6.07, 6.45) is 47.3. The molecule has 7 heteroatoms. The number of hydrogen-bond donors (Lipinski definition) is 3. The van der Waals surface area contributed by atoms with Crippen LogP contribution in [-0.4, -0.2) is 41.9 Å². The van der Waals surface area contributed by atoms with Crippen LogP contribution in [0, 0.1) is 0 Å². The van der Waals surface area contributed by atoms with Crippen molar-refractivity contribution in [2.75, 3.05) is 5.75 Å². The number of amides is 1. The smallest absolute Gasteiger partial charge is 0.267 e. The van der Waals surface area contributed by atoms with Crippen LogP contribution in [0.1, 0.15) is 155 Å². The fourth-order valence-corrected chi connectivity index (χ4v) is 5.75. The molecule has 1 amide bonds. The highest BCUT2D eigenvalue weighted by Gasteiger charge is 2.24. The van der Waals surface area contributed by atoms with Crippen molar-refractivity contribution in [2.24, 2.45) is 0 Å². The Bertz CT molecular complexity index is 1010. The van der Waals surface area contributed by atoms with Crippen LogP contribution in [0.5, 0.6) is 0 Å². The van der Waals surface area contributed by atoms with Crippen molar-refractivity contribution in [2.45, 2.75) is 167 Å². The van der Waals surface area contributed by atoms with Crippen LogP contribution >= 0.6 is 0 Å². The summed E-state index contributed by atoms with van der Waals surface area (Å²) in [6, 6.07) is -1.09. The molecule has 3 N–H and O–H groups in total. The maximum atomic E-state index is 12.5. The van der Waals surface area contributed by atoms with E-state index in [1.807, 2.05) is 0 Å². The van der Waals surface area contributed by atoms with E-state index in [0.717, 1.165) is 77.0 Å². The van der Waals surface area contributed by atoms with E-state index >= 15 is 0 Å². The van der Waals surface area contributed by atoms with E-state index in [-0.39, 0.29) is 12.3 Å². The molecule has 0 saturated heterocycles. The summed E-state index contributed by atoms with van der Waals surface area (Å²) >= 11 is 0. The average Bonchev–Trinajstić information content (AvgIpc) is 3.03. The van der Waals surface area contributed by atoms with Gasteiger partial charge in [-0.1, -0.05) is 138 Å². The Kier molecular flexibility index (Phi) is 32.1. The third-order valence-corrected chi connectivity index (χ3v) is 8.61. The van der Waals surface area contributed by atoms with Gasteiger partial charge in [0.15, 0.2) is 0 Å². The Morgan fingerprint density at radius 3 is 1.49 bits per heavy atom. The van der Waals surface area contributed by atoms with Gasteiger partial charge in [-0.15, -0.1) is 0 Å². The third kappa shape index (κ3) is 34.9. The summed E-state index contributed by atoms with van der Waals surface area (Å²) in [6.45, 7) is 4.44. The predicted molar refractivity (Wildman–Crippen MR) is 202 cm³/mol. The second kappa shape index (κ2) is 33.7. The van der Waals surface area contributed by atoms with Gasteiger partial charge in [0.1, 0.15) is 0 Å². The number of aliphatic hydroxyl groups excluding tert-OH is 1. The quantitative estimate of drug-likeness (QED) is 0.0374. The Hall–Kier alpha value is -2.22. The number of carbonyl (C=O) groups excluding carboxylic acids is 1. The molecule has 270 valence electrons. The van der Waals surface area contributed by atoms with Crippen LogP contribution in [0.25, 0.3) is 0 Å². The first kappa shape index (κ1) is 44.8. The van der Waals surface area contributed by atoms with Crippen molar-refractivity contribution >= 4 is 16.0 Å². The largest absolute Gasteiger partial charge is 0.387 e. The van der Waals surface area contributed by atoms with Gasteiger partial charge < -0.3 is 10.4 Å². The minimum absolute atomic E-state index is 0.266. The van der Waals surface area contributed by atoms with Gasteiger partial charge >= 0.3 is 0 Å². The lowest BCUT2D eigenvalue weighted by atomic mass is 10.1. The zero-order valence-corrected chi connectivity index (χ0v) is 30.7. The molecular formula is C40H69NO5S. The van der Waals surface area contributed by atoms with E-state index in [1.54, 1.807) is 6.08 Å². The van der Waals surface area contributed by atoms with Gasteiger partial charge in [0.05, 0.1) is 17.9 Å². The lowest BCUT2D eigenvalue weighted by molar-refractivity contribution is -0.122. The van der Waals surface area contributed by atoms with Crippen LogP contribution in [0.3, 0.4) is 0 Å². The SMILES string of the molecule is CCCCC/C=C\C/C=C\C/C=C\CCCCCCCCC(=O)NC(CS(=O)(=O)O)C(O)/C=C/CC/C=C/CC/C=C/CCCCC. The Morgan fingerprint density at radius 2 is 0.979 bits per heavy atom. The molecule has 47 heavy (non-hydrogen) atoms. The van der Waals surface area contributed by atoms with Crippen LogP contribution in [0.2, 0.25) is 0 Å². The minimum atomic E-state index is -4.36. The monoisotopic (exact) mass is 675 g/mol. The summed E-state index contributed by atoms with van der Waals surface area (Å²) in [5, 5.41) is 13.1. The molecule has 0 saturated carbocycles. The molecule has 0 heterocycles. The molecular weight excluding hydrogens is 607 g/mol. The lowest BCUT2D eigenvalue weighted by Gasteiger charge is -2.21. The zero-order valence-electron chi connectivity index (χ0n) is 29.9. The van der Waals surface area contributed by atoms with E-state index in [4.69, 9.17) is 0 Å². The molecule has 0 aromatic rings. The number of nitrogens with one attached hydrogen (secondary N) is 1. The molecule has 0 rings (SSSR count). The van der Waals surface area contributed by atoms with Gasteiger partial charge in [-0.2, -0.15) is 8.42 Å². The number of carbonyl (C=O) groups is 1. The molecule has 0 bridgehead atoms. The molecule has 0 radical (unpaired) electrons. The van der Waals surface area contributed by atoms with E-state index in [9.17, 15) is 22.9 Å². The maximum Gasteiger partial charge on any atom is 0.267 e. The number of aliphatic hydroxyl groups is 1. The standard InChI is InChI=1S/C40H69NO5S/c1-3-5-7-9-11-13-15-17-18-19-20-21-22-24-26-28-30-32-34-36-40(43)41-38(37-47(44,45)46)39(42)35-33-31-29-27-25-23-16-14-12-10-8-6-4-2/h11-14,17-18,20-21,25,27,33,35,38-39,42H,3-10,15-16,19,22-24,26,28-32,34,36-37H2,1-2H3,(H,41,43)(H,44,45,46)/b13-11-,14-12+,18-17-,21-20-,27-25+,35-33+. The topological polar surface area (TPSA) is 104 Å². The van der Waals surface area contributed by atoms with Crippen LogP contribution in [0.15, 0.2) is 72.9 Å². The van der Waals surface area contributed by atoms with Crippen molar-refractivity contribution in [3.8, 4) is 0 Å². The first-order valence-corrected chi connectivity index (χ1v) is 20.2. The predicted octanol–water partition coefficient (Wildman–Crippen LogP) is 10.7. The minimum Gasteiger partial charge on any atom is -0.387 e.